The second-order valence-corrected chi connectivity index (χ2v) is 3.28. The van der Waals surface area contributed by atoms with Crippen molar-refractivity contribution in [2.45, 2.75) is 19.2 Å². The lowest BCUT2D eigenvalue weighted by Crippen LogP contribution is -2.20. The lowest BCUT2D eigenvalue weighted by atomic mass is 10.1. The summed E-state index contributed by atoms with van der Waals surface area (Å²) < 4.78 is 65.3. The van der Waals surface area contributed by atoms with E-state index in [1.807, 2.05) is 0 Å². The molecule has 0 spiro atoms. The molecule has 1 heterocycles. The quantitative estimate of drug-likeness (QED) is 0.484. The van der Waals surface area contributed by atoms with Crippen LogP contribution in [0.25, 0.3) is 0 Å². The van der Waals surface area contributed by atoms with Gasteiger partial charge in [0.2, 0.25) is 5.88 Å². The van der Waals surface area contributed by atoms with Crippen molar-refractivity contribution in [1.82, 2.24) is 4.98 Å². The highest BCUT2D eigenvalue weighted by Crippen LogP contribution is 2.37. The van der Waals surface area contributed by atoms with Crippen LogP contribution in [0.1, 0.15) is 17.6 Å². The second kappa shape index (κ2) is 5.64. The van der Waals surface area contributed by atoms with Gasteiger partial charge in [0.25, 0.3) is 12.1 Å². The molecule has 0 saturated heterocycles. The average Bonchev–Trinajstić information content (AvgIpc) is 2.28. The fraction of sp³-hybridized carbons (Fsp3) is 0.333. The molecule has 0 aromatic carbocycles. The molecule has 0 aliphatic carbocycles. The first-order chi connectivity index (χ1) is 9.17. The fourth-order valence-electron chi connectivity index (χ4n) is 1.37. The van der Waals surface area contributed by atoms with Gasteiger partial charge in [-0.15, -0.1) is 13.2 Å². The minimum atomic E-state index is -5.23. The van der Waals surface area contributed by atoms with Crippen molar-refractivity contribution in [3.8, 4) is 11.9 Å². The monoisotopic (exact) mass is 297 g/mol. The molecule has 6 nitrogen and oxygen atoms in total. The first kappa shape index (κ1) is 15.5. The summed E-state index contributed by atoms with van der Waals surface area (Å²) in [6, 6.07) is 1.33. The third-order valence-corrected chi connectivity index (χ3v) is 2.05. The van der Waals surface area contributed by atoms with Gasteiger partial charge in [0, 0.05) is 5.56 Å². The Morgan fingerprint density at radius 2 is 2.10 bits per heavy atom. The zero-order valence-corrected chi connectivity index (χ0v) is 9.32. The molecule has 0 aliphatic rings. The Morgan fingerprint density at radius 1 is 1.50 bits per heavy atom. The predicted molar refractivity (Wildman–Crippen MR) is 51.8 cm³/mol. The van der Waals surface area contributed by atoms with Crippen molar-refractivity contribution >= 4 is 5.69 Å². The molecule has 0 atom stereocenters. The summed E-state index contributed by atoms with van der Waals surface area (Å²) in [5.41, 5.74) is -3.46. The summed E-state index contributed by atoms with van der Waals surface area (Å²) in [5.74, 6) is -1.31. The number of aromatic nitrogens is 1. The Bertz CT molecular complexity index is 567. The van der Waals surface area contributed by atoms with Gasteiger partial charge in [-0.3, -0.25) is 10.1 Å². The Balaban J connectivity index is 3.52. The normalized spacial score (nSPS) is 11.2. The molecule has 1 rings (SSSR count). The van der Waals surface area contributed by atoms with Gasteiger partial charge < -0.3 is 4.74 Å². The molecule has 0 bridgehead atoms. The first-order valence-electron chi connectivity index (χ1n) is 4.74. The maximum atomic E-state index is 12.8. The van der Waals surface area contributed by atoms with E-state index in [0.29, 0.717) is 0 Å². The summed E-state index contributed by atoms with van der Waals surface area (Å²) in [6.45, 7) is 0. The lowest BCUT2D eigenvalue weighted by Gasteiger charge is -2.13. The third kappa shape index (κ3) is 3.50. The number of nitriles is 1. The van der Waals surface area contributed by atoms with E-state index < -0.39 is 46.8 Å². The summed E-state index contributed by atoms with van der Waals surface area (Å²) >= 11 is 0. The molecule has 0 fully saturated rings. The van der Waals surface area contributed by atoms with Crippen LogP contribution in [-0.2, 0) is 6.42 Å². The van der Waals surface area contributed by atoms with Crippen LogP contribution in [0, 0.1) is 21.4 Å². The smallest absolute Gasteiger partial charge is 0.388 e. The molecule has 1 aromatic rings. The summed E-state index contributed by atoms with van der Waals surface area (Å²) in [7, 11) is 0. The highest BCUT2D eigenvalue weighted by atomic mass is 19.4. The fourth-order valence-corrected chi connectivity index (χ4v) is 1.37. The number of pyridine rings is 1. The van der Waals surface area contributed by atoms with Crippen molar-refractivity contribution in [2.75, 3.05) is 0 Å². The van der Waals surface area contributed by atoms with Crippen LogP contribution in [0.15, 0.2) is 6.20 Å². The van der Waals surface area contributed by atoms with E-state index in [2.05, 4.69) is 9.72 Å². The van der Waals surface area contributed by atoms with E-state index >= 15 is 0 Å². The van der Waals surface area contributed by atoms with Crippen LogP contribution in [-0.4, -0.2) is 16.3 Å². The van der Waals surface area contributed by atoms with Crippen molar-refractivity contribution in [1.29, 1.82) is 5.26 Å². The molecule has 0 amide bonds. The summed E-state index contributed by atoms with van der Waals surface area (Å²) in [5, 5.41) is 19.0. The van der Waals surface area contributed by atoms with E-state index in [4.69, 9.17) is 5.26 Å². The predicted octanol–water partition coefficient (Wildman–Crippen LogP) is 2.89. The number of hydrogen-bond acceptors (Lipinski definition) is 5. The highest BCUT2D eigenvalue weighted by molar-refractivity contribution is 5.50. The van der Waals surface area contributed by atoms with E-state index in [1.165, 1.54) is 6.07 Å². The van der Waals surface area contributed by atoms with E-state index in [9.17, 15) is 32.1 Å². The number of hydrogen-bond donors (Lipinski definition) is 0. The van der Waals surface area contributed by atoms with Gasteiger partial charge in [0.15, 0.2) is 0 Å². The highest BCUT2D eigenvalue weighted by Gasteiger charge is 2.36. The van der Waals surface area contributed by atoms with Crippen LogP contribution >= 0.6 is 0 Å². The standard InChI is InChI=1S/C9H4F5N3O3/c10-7(11)6-4(1-2-15)8(20-9(12,13)14)16-3-5(6)17(18)19/h3,7H,1H2. The zero-order chi connectivity index (χ0) is 15.5. The summed E-state index contributed by atoms with van der Waals surface area (Å²) in [4.78, 5) is 12.3. The van der Waals surface area contributed by atoms with Gasteiger partial charge in [-0.2, -0.15) is 5.26 Å². The van der Waals surface area contributed by atoms with Crippen molar-refractivity contribution in [2.24, 2.45) is 0 Å². The van der Waals surface area contributed by atoms with Crippen LogP contribution in [0.3, 0.4) is 0 Å². The number of rotatable bonds is 4. The zero-order valence-electron chi connectivity index (χ0n) is 9.32. The van der Waals surface area contributed by atoms with Crippen LogP contribution < -0.4 is 4.74 Å². The van der Waals surface area contributed by atoms with E-state index in [0.717, 1.165) is 0 Å². The van der Waals surface area contributed by atoms with Crippen LogP contribution in [0.5, 0.6) is 5.88 Å². The van der Waals surface area contributed by atoms with Gasteiger partial charge in [-0.1, -0.05) is 0 Å². The molecule has 11 heteroatoms. The number of nitro groups is 1. The topological polar surface area (TPSA) is 89.0 Å². The molecule has 20 heavy (non-hydrogen) atoms. The lowest BCUT2D eigenvalue weighted by molar-refractivity contribution is -0.386. The molecule has 0 aliphatic heterocycles. The Labute approximate surface area is 107 Å². The Hall–Kier alpha value is -2.51. The average molecular weight is 297 g/mol. The minimum Gasteiger partial charge on any atom is -0.388 e. The van der Waals surface area contributed by atoms with Gasteiger partial charge in [0.05, 0.1) is 17.4 Å². The second-order valence-electron chi connectivity index (χ2n) is 3.28. The van der Waals surface area contributed by atoms with Gasteiger partial charge in [-0.25, -0.2) is 13.8 Å². The molecule has 0 unspecified atom stereocenters. The molecule has 108 valence electrons. The maximum absolute atomic E-state index is 12.8. The SMILES string of the molecule is N#CCc1c(OC(F)(F)F)ncc([N+](=O)[O-])c1C(F)F. The van der Waals surface area contributed by atoms with Crippen molar-refractivity contribution < 1.29 is 31.6 Å². The largest absolute Gasteiger partial charge is 0.574 e. The summed E-state index contributed by atoms with van der Waals surface area (Å²) in [6.07, 6.45) is -9.41. The number of ether oxygens (including phenoxy) is 1. The number of alkyl halides is 5. The number of nitrogens with zero attached hydrogens (tertiary/aromatic N) is 3. The van der Waals surface area contributed by atoms with Gasteiger partial charge in [0.1, 0.15) is 11.8 Å². The molecule has 0 saturated carbocycles. The molecule has 0 N–H and O–H groups in total. The number of halogens is 5. The van der Waals surface area contributed by atoms with E-state index in [-0.39, 0.29) is 6.20 Å². The first-order valence-corrected chi connectivity index (χ1v) is 4.74. The van der Waals surface area contributed by atoms with Gasteiger partial charge >= 0.3 is 6.36 Å². The van der Waals surface area contributed by atoms with Crippen molar-refractivity contribution in [3.63, 3.8) is 0 Å². The molecular weight excluding hydrogens is 293 g/mol. The van der Waals surface area contributed by atoms with E-state index in [1.54, 1.807) is 0 Å². The minimum absolute atomic E-state index is 0.226. The maximum Gasteiger partial charge on any atom is 0.574 e. The molecule has 0 radical (unpaired) electrons. The molecule has 1 aromatic heterocycles. The van der Waals surface area contributed by atoms with Gasteiger partial charge in [-0.05, 0) is 0 Å². The third-order valence-electron chi connectivity index (χ3n) is 2.05. The Morgan fingerprint density at radius 3 is 2.50 bits per heavy atom. The van der Waals surface area contributed by atoms with Crippen molar-refractivity contribution in [3.05, 3.63) is 27.4 Å². The molecular formula is C9H4F5N3O3. The van der Waals surface area contributed by atoms with Crippen LogP contribution in [0.2, 0.25) is 0 Å². The van der Waals surface area contributed by atoms with Crippen LogP contribution in [0.4, 0.5) is 27.6 Å². The Kier molecular flexibility index (Phi) is 4.38.